The fourth-order valence-corrected chi connectivity index (χ4v) is 5.53. The average molecular weight is 507 g/mol. The molecule has 2 amide bonds. The number of aromatic carboxylic acids is 1. The van der Waals surface area contributed by atoms with Crippen molar-refractivity contribution in [2.75, 3.05) is 10.2 Å². The first-order valence-electron chi connectivity index (χ1n) is 12.1. The van der Waals surface area contributed by atoms with E-state index in [4.69, 9.17) is 0 Å². The second-order valence-electron chi connectivity index (χ2n) is 9.51. The molecule has 188 valence electrons. The lowest BCUT2D eigenvalue weighted by Crippen LogP contribution is -2.42. The average Bonchev–Trinajstić information content (AvgIpc) is 3.30. The highest BCUT2D eigenvalue weighted by molar-refractivity contribution is 7.18. The van der Waals surface area contributed by atoms with E-state index in [-0.39, 0.29) is 34.3 Å². The van der Waals surface area contributed by atoms with E-state index in [0.717, 1.165) is 47.5 Å². The number of carbonyl (C=O) groups is 3. The zero-order valence-electron chi connectivity index (χ0n) is 20.6. The van der Waals surface area contributed by atoms with Crippen molar-refractivity contribution in [2.24, 2.45) is 11.8 Å². The minimum absolute atomic E-state index is 0.00539. The second-order valence-corrected chi connectivity index (χ2v) is 10.6. The molecule has 3 aromatic rings. The third-order valence-corrected chi connectivity index (χ3v) is 7.67. The van der Waals surface area contributed by atoms with Crippen molar-refractivity contribution in [1.82, 2.24) is 9.97 Å². The summed E-state index contributed by atoms with van der Waals surface area (Å²) >= 11 is 1.15. The van der Waals surface area contributed by atoms with E-state index in [1.165, 1.54) is 18.6 Å². The lowest BCUT2D eigenvalue weighted by molar-refractivity contribution is -0.123. The van der Waals surface area contributed by atoms with Crippen LogP contribution in [0.25, 0.3) is 10.4 Å². The highest BCUT2D eigenvalue weighted by Crippen LogP contribution is 2.40. The number of anilines is 2. The zero-order valence-corrected chi connectivity index (χ0v) is 21.4. The molecule has 0 radical (unpaired) electrons. The zero-order chi connectivity index (χ0) is 25.8. The van der Waals surface area contributed by atoms with Crippen molar-refractivity contribution >= 4 is 40.5 Å². The summed E-state index contributed by atoms with van der Waals surface area (Å²) < 4.78 is 0. The molecule has 0 saturated heterocycles. The van der Waals surface area contributed by atoms with Gasteiger partial charge in [0.15, 0.2) is 0 Å². The lowest BCUT2D eigenvalue weighted by Gasteiger charge is -2.33. The number of hydrogen-bond acceptors (Lipinski definition) is 6. The molecule has 0 aliphatic heterocycles. The number of carboxylic acid groups (broad SMARTS) is 1. The molecule has 36 heavy (non-hydrogen) atoms. The van der Waals surface area contributed by atoms with E-state index in [0.29, 0.717) is 17.3 Å². The van der Waals surface area contributed by atoms with Crippen molar-refractivity contribution in [3.8, 4) is 10.4 Å². The molecule has 1 aliphatic carbocycles. The van der Waals surface area contributed by atoms with E-state index in [9.17, 15) is 19.5 Å². The van der Waals surface area contributed by atoms with Gasteiger partial charge in [0.05, 0.1) is 11.9 Å². The van der Waals surface area contributed by atoms with E-state index in [1.807, 2.05) is 26.0 Å². The molecule has 2 N–H and O–H groups in total. The van der Waals surface area contributed by atoms with Gasteiger partial charge in [0.25, 0.3) is 5.91 Å². The highest BCUT2D eigenvalue weighted by Gasteiger charge is 2.33. The van der Waals surface area contributed by atoms with Crippen LogP contribution in [0.3, 0.4) is 0 Å². The largest absolute Gasteiger partial charge is 0.477 e. The fraction of sp³-hybridized carbons (Fsp3) is 0.370. The van der Waals surface area contributed by atoms with Crippen LogP contribution in [0.2, 0.25) is 0 Å². The van der Waals surface area contributed by atoms with E-state index in [2.05, 4.69) is 22.2 Å². The predicted molar refractivity (Wildman–Crippen MR) is 140 cm³/mol. The third kappa shape index (κ3) is 5.62. The minimum atomic E-state index is -1.05. The number of nitrogens with zero attached hydrogens (tertiary/aromatic N) is 3. The van der Waals surface area contributed by atoms with Gasteiger partial charge >= 0.3 is 5.97 Å². The first-order chi connectivity index (χ1) is 17.2. The molecule has 2 aromatic heterocycles. The summed E-state index contributed by atoms with van der Waals surface area (Å²) in [5.74, 6) is -0.871. The summed E-state index contributed by atoms with van der Waals surface area (Å²) in [7, 11) is 0. The Morgan fingerprint density at radius 1 is 1.08 bits per heavy atom. The molecule has 0 unspecified atom stereocenters. The van der Waals surface area contributed by atoms with Crippen LogP contribution in [0, 0.1) is 11.8 Å². The van der Waals surface area contributed by atoms with Gasteiger partial charge in [0, 0.05) is 34.9 Å². The standard InChI is InChI=1S/C27H30N4O4S/c1-16(2)31(26(33)19-6-4-17(3)5-7-19)22-14-23(36-24(22)27(34)35)18-8-10-20(11-9-18)30-25(32)21-15-28-12-13-29-21/h8-17,19H,4-7H2,1-3H3,(H,30,32)(H,34,35). The first-order valence-corrected chi connectivity index (χ1v) is 12.9. The van der Waals surface area contributed by atoms with Gasteiger partial charge in [0.2, 0.25) is 5.91 Å². The number of nitrogens with one attached hydrogen (secondary N) is 1. The number of hydrogen-bond donors (Lipinski definition) is 2. The smallest absolute Gasteiger partial charge is 0.348 e. The maximum absolute atomic E-state index is 13.5. The summed E-state index contributed by atoms with van der Waals surface area (Å²) in [4.78, 5) is 48.5. The molecule has 4 rings (SSSR count). The fourth-order valence-electron chi connectivity index (χ4n) is 4.54. The first kappa shape index (κ1) is 25.5. The van der Waals surface area contributed by atoms with Gasteiger partial charge in [-0.25, -0.2) is 9.78 Å². The number of carboxylic acids is 1. The van der Waals surface area contributed by atoms with Crippen LogP contribution in [-0.2, 0) is 4.79 Å². The second kappa shape index (κ2) is 11.0. The SMILES string of the molecule is CC1CCC(C(=O)N(c2cc(-c3ccc(NC(=O)c4cnccn4)cc3)sc2C(=O)O)C(C)C)CC1. The Hall–Kier alpha value is -3.59. The van der Waals surface area contributed by atoms with Crippen LogP contribution in [0.5, 0.6) is 0 Å². The van der Waals surface area contributed by atoms with Gasteiger partial charge < -0.3 is 15.3 Å². The van der Waals surface area contributed by atoms with Crippen LogP contribution < -0.4 is 10.2 Å². The van der Waals surface area contributed by atoms with Gasteiger partial charge in [-0.15, -0.1) is 11.3 Å². The Labute approximate surface area is 214 Å². The molecule has 1 saturated carbocycles. The predicted octanol–water partition coefficient (Wildman–Crippen LogP) is 5.72. The molecule has 8 nitrogen and oxygen atoms in total. The normalized spacial score (nSPS) is 17.6. The summed E-state index contributed by atoms with van der Waals surface area (Å²) in [6, 6.07) is 8.76. The number of rotatable bonds is 7. The van der Waals surface area contributed by atoms with Crippen molar-refractivity contribution in [2.45, 2.75) is 52.5 Å². The molecular formula is C27H30N4O4S. The summed E-state index contributed by atoms with van der Waals surface area (Å²) in [6.07, 6.45) is 8.04. The molecular weight excluding hydrogens is 476 g/mol. The maximum atomic E-state index is 13.5. The maximum Gasteiger partial charge on any atom is 0.348 e. The van der Waals surface area contributed by atoms with Crippen molar-refractivity contribution in [1.29, 1.82) is 0 Å². The quantitative estimate of drug-likeness (QED) is 0.424. The Balaban J connectivity index is 1.58. The highest BCUT2D eigenvalue weighted by atomic mass is 32.1. The Morgan fingerprint density at radius 3 is 2.36 bits per heavy atom. The van der Waals surface area contributed by atoms with Crippen LogP contribution in [0.4, 0.5) is 11.4 Å². The van der Waals surface area contributed by atoms with E-state index in [1.54, 1.807) is 23.1 Å². The molecule has 0 atom stereocenters. The summed E-state index contributed by atoms with van der Waals surface area (Å²) in [5.41, 5.74) is 2.03. The molecule has 1 fully saturated rings. The summed E-state index contributed by atoms with van der Waals surface area (Å²) in [6.45, 7) is 6.04. The third-order valence-electron chi connectivity index (χ3n) is 6.51. The van der Waals surface area contributed by atoms with Crippen molar-refractivity contribution in [3.63, 3.8) is 0 Å². The van der Waals surface area contributed by atoms with Gasteiger partial charge in [-0.1, -0.05) is 19.1 Å². The molecule has 0 bridgehead atoms. The van der Waals surface area contributed by atoms with Gasteiger partial charge in [0.1, 0.15) is 10.6 Å². The monoisotopic (exact) mass is 506 g/mol. The number of amides is 2. The van der Waals surface area contributed by atoms with Gasteiger partial charge in [-0.3, -0.25) is 14.6 Å². The molecule has 2 heterocycles. The van der Waals surface area contributed by atoms with Crippen LogP contribution in [0.15, 0.2) is 48.9 Å². The molecule has 1 aromatic carbocycles. The van der Waals surface area contributed by atoms with Crippen LogP contribution >= 0.6 is 11.3 Å². The Bertz CT molecular complexity index is 1230. The van der Waals surface area contributed by atoms with E-state index < -0.39 is 5.97 Å². The van der Waals surface area contributed by atoms with Crippen LogP contribution in [-0.4, -0.2) is 38.9 Å². The van der Waals surface area contributed by atoms with E-state index >= 15 is 0 Å². The Kier molecular flexibility index (Phi) is 7.79. The molecule has 9 heteroatoms. The topological polar surface area (TPSA) is 112 Å². The molecule has 0 spiro atoms. The van der Waals surface area contributed by atoms with Crippen molar-refractivity contribution in [3.05, 3.63) is 59.5 Å². The van der Waals surface area contributed by atoms with Gasteiger partial charge in [-0.2, -0.15) is 0 Å². The molecule has 1 aliphatic rings. The number of thiophene rings is 1. The number of aromatic nitrogens is 2. The summed E-state index contributed by atoms with van der Waals surface area (Å²) in [5, 5.41) is 12.7. The van der Waals surface area contributed by atoms with Crippen LogP contribution in [0.1, 0.15) is 66.6 Å². The number of benzene rings is 1. The lowest BCUT2D eigenvalue weighted by atomic mass is 9.82. The number of carbonyl (C=O) groups excluding carboxylic acids is 2. The minimum Gasteiger partial charge on any atom is -0.477 e. The Morgan fingerprint density at radius 2 is 1.78 bits per heavy atom. The van der Waals surface area contributed by atoms with Crippen molar-refractivity contribution < 1.29 is 19.5 Å². The van der Waals surface area contributed by atoms with Gasteiger partial charge in [-0.05, 0) is 69.2 Å².